The summed E-state index contributed by atoms with van der Waals surface area (Å²) in [6, 6.07) is 16.7. The van der Waals surface area contributed by atoms with E-state index in [-0.39, 0.29) is 5.92 Å². The van der Waals surface area contributed by atoms with Crippen LogP contribution >= 0.6 is 0 Å². The maximum absolute atomic E-state index is 13.4. The average molecular weight is 383 g/mol. The van der Waals surface area contributed by atoms with Crippen molar-refractivity contribution in [3.05, 3.63) is 66.3 Å². The molecule has 7 heteroatoms. The fourth-order valence-electron chi connectivity index (χ4n) is 3.53. The van der Waals surface area contributed by atoms with Crippen molar-refractivity contribution in [2.45, 2.75) is 30.6 Å². The van der Waals surface area contributed by atoms with E-state index in [1.165, 1.54) is 0 Å². The van der Waals surface area contributed by atoms with Gasteiger partial charge in [-0.2, -0.15) is 9.29 Å². The van der Waals surface area contributed by atoms with Crippen molar-refractivity contribution in [3.8, 4) is 11.1 Å². The van der Waals surface area contributed by atoms with Crippen LogP contribution in [-0.4, -0.2) is 36.0 Å². The van der Waals surface area contributed by atoms with Gasteiger partial charge in [0, 0.05) is 18.7 Å². The first-order valence-corrected chi connectivity index (χ1v) is 10.4. The van der Waals surface area contributed by atoms with Crippen LogP contribution in [0.3, 0.4) is 0 Å². The van der Waals surface area contributed by atoms with Crippen molar-refractivity contribution < 1.29 is 12.9 Å². The highest BCUT2D eigenvalue weighted by Crippen LogP contribution is 2.33. The number of hydrogen-bond donors (Lipinski definition) is 0. The van der Waals surface area contributed by atoms with Gasteiger partial charge in [0.05, 0.1) is 10.8 Å². The number of rotatable bonds is 4. The van der Waals surface area contributed by atoms with Crippen LogP contribution in [0.25, 0.3) is 11.1 Å². The molecule has 1 unspecified atom stereocenters. The van der Waals surface area contributed by atoms with Gasteiger partial charge in [0.2, 0.25) is 15.9 Å². The first-order valence-electron chi connectivity index (χ1n) is 9.00. The van der Waals surface area contributed by atoms with Crippen molar-refractivity contribution >= 4 is 10.0 Å². The summed E-state index contributed by atoms with van der Waals surface area (Å²) < 4.78 is 33.7. The minimum absolute atomic E-state index is 0.0707. The molecule has 27 heavy (non-hydrogen) atoms. The third-order valence-electron chi connectivity index (χ3n) is 4.87. The Morgan fingerprint density at radius 2 is 1.81 bits per heavy atom. The van der Waals surface area contributed by atoms with Gasteiger partial charge in [0.25, 0.3) is 0 Å². The van der Waals surface area contributed by atoms with Crippen LogP contribution in [0.4, 0.5) is 0 Å². The summed E-state index contributed by atoms with van der Waals surface area (Å²) >= 11 is 0. The first kappa shape index (κ1) is 17.9. The topological polar surface area (TPSA) is 76.3 Å². The predicted molar refractivity (Wildman–Crippen MR) is 102 cm³/mol. The van der Waals surface area contributed by atoms with Crippen LogP contribution < -0.4 is 0 Å². The van der Waals surface area contributed by atoms with E-state index in [0.29, 0.717) is 35.3 Å². The number of hydrogen-bond acceptors (Lipinski definition) is 5. The summed E-state index contributed by atoms with van der Waals surface area (Å²) in [6.07, 6.45) is 1.60. The number of piperidine rings is 1. The highest BCUT2D eigenvalue weighted by atomic mass is 32.2. The number of aryl methyl sites for hydroxylation is 1. The summed E-state index contributed by atoms with van der Waals surface area (Å²) in [4.78, 5) is 4.62. The van der Waals surface area contributed by atoms with Crippen molar-refractivity contribution in [3.63, 3.8) is 0 Å². The molecule has 0 spiro atoms. The van der Waals surface area contributed by atoms with Crippen molar-refractivity contribution in [2.75, 3.05) is 13.1 Å². The molecular formula is C20H21N3O3S. The van der Waals surface area contributed by atoms with Crippen LogP contribution in [0.1, 0.15) is 30.5 Å². The van der Waals surface area contributed by atoms with Crippen molar-refractivity contribution in [1.82, 2.24) is 14.4 Å². The number of benzene rings is 2. The molecule has 1 aliphatic heterocycles. The van der Waals surface area contributed by atoms with Gasteiger partial charge in [0.1, 0.15) is 0 Å². The second-order valence-electron chi connectivity index (χ2n) is 6.74. The molecule has 6 nitrogen and oxygen atoms in total. The van der Waals surface area contributed by atoms with E-state index >= 15 is 0 Å². The maximum Gasteiger partial charge on any atom is 0.243 e. The molecule has 3 aromatic rings. The second kappa shape index (κ2) is 7.25. The lowest BCUT2D eigenvalue weighted by Gasteiger charge is -2.30. The Morgan fingerprint density at radius 1 is 1.07 bits per heavy atom. The molecule has 1 saturated heterocycles. The Bertz CT molecular complexity index is 1030. The summed E-state index contributed by atoms with van der Waals surface area (Å²) in [5.41, 5.74) is 1.60. The quantitative estimate of drug-likeness (QED) is 0.688. The summed E-state index contributed by atoms with van der Waals surface area (Å²) in [7, 11) is -3.63. The zero-order chi connectivity index (χ0) is 18.9. The molecule has 0 N–H and O–H groups in total. The minimum Gasteiger partial charge on any atom is -0.339 e. The second-order valence-corrected chi connectivity index (χ2v) is 8.65. The molecule has 0 saturated carbocycles. The molecule has 4 rings (SSSR count). The fourth-order valence-corrected chi connectivity index (χ4v) is 5.27. The van der Waals surface area contributed by atoms with E-state index in [1.54, 1.807) is 23.4 Å². The lowest BCUT2D eigenvalue weighted by molar-refractivity contribution is 0.265. The molecule has 1 aromatic heterocycles. The Balaban J connectivity index is 1.68. The molecule has 0 bridgehead atoms. The molecule has 1 aliphatic rings. The first-order chi connectivity index (χ1) is 13.1. The molecule has 1 atom stereocenters. The van der Waals surface area contributed by atoms with Crippen LogP contribution in [0.5, 0.6) is 0 Å². The van der Waals surface area contributed by atoms with E-state index in [0.717, 1.165) is 18.4 Å². The van der Waals surface area contributed by atoms with Gasteiger partial charge in [0.15, 0.2) is 5.82 Å². The SMILES string of the molecule is Cc1noc(C2CCCN(S(=O)(=O)c3ccccc3-c3ccccc3)C2)n1. The summed E-state index contributed by atoms with van der Waals surface area (Å²) in [5, 5.41) is 3.84. The van der Waals surface area contributed by atoms with Gasteiger partial charge in [-0.05, 0) is 31.4 Å². The summed E-state index contributed by atoms with van der Waals surface area (Å²) in [6.45, 7) is 2.61. The molecule has 2 aromatic carbocycles. The van der Waals surface area contributed by atoms with E-state index in [9.17, 15) is 8.42 Å². The lowest BCUT2D eigenvalue weighted by Crippen LogP contribution is -2.39. The van der Waals surface area contributed by atoms with Crippen molar-refractivity contribution in [1.29, 1.82) is 0 Å². The van der Waals surface area contributed by atoms with Crippen molar-refractivity contribution in [2.24, 2.45) is 0 Å². The number of aromatic nitrogens is 2. The highest BCUT2D eigenvalue weighted by Gasteiger charge is 2.34. The Hall–Kier alpha value is -2.51. The lowest BCUT2D eigenvalue weighted by atomic mass is 10.00. The Morgan fingerprint density at radius 3 is 2.56 bits per heavy atom. The highest BCUT2D eigenvalue weighted by molar-refractivity contribution is 7.89. The average Bonchev–Trinajstić information content (AvgIpc) is 3.15. The standard InChI is InChI=1S/C20H21N3O3S/c1-15-21-20(26-22-15)17-10-7-13-23(14-17)27(24,25)19-12-6-5-11-18(19)16-8-3-2-4-9-16/h2-6,8-9,11-12,17H,7,10,13-14H2,1H3. The zero-order valence-electron chi connectivity index (χ0n) is 15.1. The molecule has 1 fully saturated rings. The van der Waals surface area contributed by atoms with Gasteiger partial charge in [-0.15, -0.1) is 0 Å². The molecule has 0 radical (unpaired) electrons. The van der Waals surface area contributed by atoms with Crippen LogP contribution in [-0.2, 0) is 10.0 Å². The Kier molecular flexibility index (Phi) is 4.80. The van der Waals surface area contributed by atoms with Gasteiger partial charge < -0.3 is 4.52 Å². The van der Waals surface area contributed by atoms with Gasteiger partial charge in [-0.1, -0.05) is 53.7 Å². The number of nitrogens with zero attached hydrogens (tertiary/aromatic N) is 3. The summed E-state index contributed by atoms with van der Waals surface area (Å²) in [5.74, 6) is 1.02. The monoisotopic (exact) mass is 383 g/mol. The van der Waals surface area contributed by atoms with Crippen LogP contribution in [0.15, 0.2) is 64.0 Å². The van der Waals surface area contributed by atoms with Gasteiger partial charge >= 0.3 is 0 Å². The largest absolute Gasteiger partial charge is 0.339 e. The molecule has 0 amide bonds. The molecule has 2 heterocycles. The van der Waals surface area contributed by atoms with Crippen LogP contribution in [0, 0.1) is 6.92 Å². The van der Waals surface area contributed by atoms with E-state index in [1.807, 2.05) is 42.5 Å². The van der Waals surface area contributed by atoms with E-state index < -0.39 is 10.0 Å². The Labute approximate surface area is 158 Å². The normalized spacial score (nSPS) is 18.5. The smallest absolute Gasteiger partial charge is 0.243 e. The minimum atomic E-state index is -3.63. The molecule has 140 valence electrons. The molecule has 0 aliphatic carbocycles. The zero-order valence-corrected chi connectivity index (χ0v) is 15.9. The van der Waals surface area contributed by atoms with Crippen LogP contribution in [0.2, 0.25) is 0 Å². The van der Waals surface area contributed by atoms with Gasteiger partial charge in [-0.3, -0.25) is 0 Å². The van der Waals surface area contributed by atoms with Gasteiger partial charge in [-0.25, -0.2) is 8.42 Å². The molecular weight excluding hydrogens is 362 g/mol. The van der Waals surface area contributed by atoms with E-state index in [2.05, 4.69) is 10.1 Å². The number of sulfonamides is 1. The fraction of sp³-hybridized carbons (Fsp3) is 0.300. The third-order valence-corrected chi connectivity index (χ3v) is 6.79. The third kappa shape index (κ3) is 3.52. The van der Waals surface area contributed by atoms with E-state index in [4.69, 9.17) is 4.52 Å². The predicted octanol–water partition coefficient (Wildman–Crippen LogP) is 3.61. The maximum atomic E-state index is 13.4.